The summed E-state index contributed by atoms with van der Waals surface area (Å²) in [5.41, 5.74) is 2.20. The molecule has 1 saturated heterocycles. The zero-order valence-corrected chi connectivity index (χ0v) is 14.7. The van der Waals surface area contributed by atoms with E-state index in [0.29, 0.717) is 5.57 Å². The first-order valence-electron chi connectivity index (χ1n) is 8.66. The molecule has 3 aliphatic rings. The van der Waals surface area contributed by atoms with Crippen molar-refractivity contribution in [1.29, 1.82) is 0 Å². The van der Waals surface area contributed by atoms with Crippen LogP contribution >= 0.6 is 0 Å². The minimum absolute atomic E-state index is 0.00375. The minimum atomic E-state index is -0.610. The highest BCUT2D eigenvalue weighted by Crippen LogP contribution is 2.51. The summed E-state index contributed by atoms with van der Waals surface area (Å²) in [7, 11) is 0. The van der Waals surface area contributed by atoms with Crippen molar-refractivity contribution < 1.29 is 14.6 Å². The maximum Gasteiger partial charge on any atom is 0.194 e. The molecule has 1 N–H and O–H groups in total. The van der Waals surface area contributed by atoms with Crippen LogP contribution in [-0.4, -0.2) is 28.7 Å². The van der Waals surface area contributed by atoms with E-state index < -0.39 is 6.10 Å². The highest BCUT2D eigenvalue weighted by atomic mass is 16.6. The molecule has 23 heavy (non-hydrogen) atoms. The highest BCUT2D eigenvalue weighted by molar-refractivity contribution is 6.05. The lowest BCUT2D eigenvalue weighted by Crippen LogP contribution is -2.41. The van der Waals surface area contributed by atoms with Gasteiger partial charge >= 0.3 is 0 Å². The lowest BCUT2D eigenvalue weighted by Gasteiger charge is -2.44. The Morgan fingerprint density at radius 2 is 2.04 bits per heavy atom. The summed E-state index contributed by atoms with van der Waals surface area (Å²) in [6.45, 7) is 12.6. The number of rotatable bonds is 0. The first-order chi connectivity index (χ1) is 10.7. The van der Waals surface area contributed by atoms with Gasteiger partial charge in [0.1, 0.15) is 11.7 Å². The topological polar surface area (TPSA) is 49.8 Å². The summed E-state index contributed by atoms with van der Waals surface area (Å²) in [5, 5.41) is 10.5. The van der Waals surface area contributed by atoms with Gasteiger partial charge in [0.05, 0.1) is 6.10 Å². The molecule has 0 spiro atoms. The fourth-order valence-corrected chi connectivity index (χ4v) is 4.05. The van der Waals surface area contributed by atoms with Crippen molar-refractivity contribution in [3.63, 3.8) is 0 Å². The lowest BCUT2D eigenvalue weighted by atomic mass is 9.61. The van der Waals surface area contributed by atoms with Crippen LogP contribution in [-0.2, 0) is 9.53 Å². The number of hydrogen-bond acceptors (Lipinski definition) is 3. The summed E-state index contributed by atoms with van der Waals surface area (Å²) in [6, 6.07) is 0. The molecule has 2 bridgehead atoms. The van der Waals surface area contributed by atoms with Gasteiger partial charge in [-0.2, -0.15) is 0 Å². The maximum absolute atomic E-state index is 12.9. The second-order valence-electron chi connectivity index (χ2n) is 8.02. The highest BCUT2D eigenvalue weighted by Gasteiger charge is 2.58. The van der Waals surface area contributed by atoms with Crippen molar-refractivity contribution in [2.75, 3.05) is 0 Å². The van der Waals surface area contributed by atoms with Gasteiger partial charge in [-0.05, 0) is 62.5 Å². The largest absolute Gasteiger partial charge is 0.389 e. The molecule has 2 aliphatic carbocycles. The van der Waals surface area contributed by atoms with Gasteiger partial charge in [-0.1, -0.05) is 32.1 Å². The molecule has 126 valence electrons. The number of Topliss-reactive ketones (excluding diaryl/α,β-unsaturated/α-hetero) is 1. The van der Waals surface area contributed by atoms with E-state index >= 15 is 0 Å². The number of aliphatic hydroxyl groups is 1. The van der Waals surface area contributed by atoms with Crippen LogP contribution in [0.4, 0.5) is 0 Å². The summed E-state index contributed by atoms with van der Waals surface area (Å²) >= 11 is 0. The first-order valence-corrected chi connectivity index (χ1v) is 8.66. The molecule has 0 aromatic heterocycles. The zero-order valence-electron chi connectivity index (χ0n) is 14.7. The SMILES string of the molecule is C=C1C2=C[C@@H](O)[C@@H](C)[C@]1(C)CC/C(C)=C/CC[C@]1(C)O[C@@H]1C2=O. The number of carbonyl (C=O) groups is 1. The number of ketones is 1. The fraction of sp³-hybridized carbons (Fsp3) is 0.650. The van der Waals surface area contributed by atoms with Crippen molar-refractivity contribution >= 4 is 5.78 Å². The summed E-state index contributed by atoms with van der Waals surface area (Å²) in [5.74, 6) is 0.0461. The van der Waals surface area contributed by atoms with Crippen LogP contribution in [0.25, 0.3) is 0 Å². The Morgan fingerprint density at radius 3 is 2.74 bits per heavy atom. The molecular weight excluding hydrogens is 288 g/mol. The molecule has 3 heteroatoms. The predicted octanol–water partition coefficient (Wildman–Crippen LogP) is 3.73. The summed E-state index contributed by atoms with van der Waals surface area (Å²) in [4.78, 5) is 12.9. The van der Waals surface area contributed by atoms with Crippen LogP contribution in [0.5, 0.6) is 0 Å². The molecule has 3 rings (SSSR count). The van der Waals surface area contributed by atoms with E-state index in [1.165, 1.54) is 5.57 Å². The lowest BCUT2D eigenvalue weighted by molar-refractivity contribution is -0.117. The Hall–Kier alpha value is -1.19. The third-order valence-electron chi connectivity index (χ3n) is 6.43. The first kappa shape index (κ1) is 16.7. The van der Waals surface area contributed by atoms with Crippen molar-refractivity contribution in [3.05, 3.63) is 35.5 Å². The Morgan fingerprint density at radius 1 is 1.35 bits per heavy atom. The minimum Gasteiger partial charge on any atom is -0.389 e. The average Bonchev–Trinajstić information content (AvgIpc) is 3.17. The van der Waals surface area contributed by atoms with Crippen LogP contribution in [0.15, 0.2) is 35.5 Å². The van der Waals surface area contributed by atoms with Crippen LogP contribution in [0.3, 0.4) is 0 Å². The quantitative estimate of drug-likeness (QED) is 0.547. The molecule has 0 aromatic carbocycles. The van der Waals surface area contributed by atoms with Gasteiger partial charge < -0.3 is 9.84 Å². The number of aliphatic hydroxyl groups excluding tert-OH is 1. The smallest absolute Gasteiger partial charge is 0.194 e. The van der Waals surface area contributed by atoms with Crippen molar-refractivity contribution in [1.82, 2.24) is 0 Å². The number of epoxide rings is 1. The number of fused-ring (bicyclic) bond motifs is 3. The molecule has 0 saturated carbocycles. The van der Waals surface area contributed by atoms with Gasteiger partial charge in [-0.3, -0.25) is 4.79 Å². The average molecular weight is 316 g/mol. The number of carbonyl (C=O) groups excluding carboxylic acids is 1. The van der Waals surface area contributed by atoms with E-state index in [1.54, 1.807) is 6.08 Å². The van der Waals surface area contributed by atoms with E-state index in [-0.39, 0.29) is 28.8 Å². The Kier molecular flexibility index (Phi) is 3.93. The van der Waals surface area contributed by atoms with Gasteiger partial charge in [0.2, 0.25) is 0 Å². The van der Waals surface area contributed by atoms with Crippen LogP contribution in [0.1, 0.15) is 53.4 Å². The third kappa shape index (κ3) is 2.64. The molecular formula is C20H28O3. The number of ether oxygens (including phenoxy) is 1. The monoisotopic (exact) mass is 316 g/mol. The van der Waals surface area contributed by atoms with E-state index in [1.807, 2.05) is 6.92 Å². The fourth-order valence-electron chi connectivity index (χ4n) is 4.05. The molecule has 0 aromatic rings. The van der Waals surface area contributed by atoms with E-state index in [4.69, 9.17) is 4.74 Å². The number of hydrogen-bond donors (Lipinski definition) is 1. The van der Waals surface area contributed by atoms with Crippen molar-refractivity contribution in [2.45, 2.75) is 71.2 Å². The van der Waals surface area contributed by atoms with Gasteiger partial charge in [-0.25, -0.2) is 0 Å². The summed E-state index contributed by atoms with van der Waals surface area (Å²) in [6.07, 6.45) is 6.65. The molecule has 5 atom stereocenters. The second-order valence-corrected chi connectivity index (χ2v) is 8.02. The van der Waals surface area contributed by atoms with Gasteiger partial charge in [0.15, 0.2) is 5.78 Å². The van der Waals surface area contributed by atoms with Crippen LogP contribution in [0.2, 0.25) is 0 Å². The van der Waals surface area contributed by atoms with Crippen molar-refractivity contribution in [2.24, 2.45) is 11.3 Å². The van der Waals surface area contributed by atoms with Crippen LogP contribution < -0.4 is 0 Å². The molecule has 0 amide bonds. The third-order valence-corrected chi connectivity index (χ3v) is 6.43. The van der Waals surface area contributed by atoms with Crippen LogP contribution in [0, 0.1) is 11.3 Å². The normalized spacial score (nSPS) is 46.7. The molecule has 1 fully saturated rings. The molecule has 3 nitrogen and oxygen atoms in total. The Bertz CT molecular complexity index is 614. The molecule has 0 radical (unpaired) electrons. The molecule has 1 aliphatic heterocycles. The van der Waals surface area contributed by atoms with Gasteiger partial charge in [0.25, 0.3) is 0 Å². The zero-order chi connectivity index (χ0) is 17.0. The Labute approximate surface area is 139 Å². The molecule has 1 heterocycles. The maximum atomic E-state index is 12.9. The van der Waals surface area contributed by atoms with Crippen molar-refractivity contribution in [3.8, 4) is 0 Å². The van der Waals surface area contributed by atoms with Gasteiger partial charge in [0, 0.05) is 5.57 Å². The van der Waals surface area contributed by atoms with E-state index in [2.05, 4.69) is 33.4 Å². The summed E-state index contributed by atoms with van der Waals surface area (Å²) < 4.78 is 5.76. The van der Waals surface area contributed by atoms with E-state index in [0.717, 1.165) is 31.3 Å². The van der Waals surface area contributed by atoms with E-state index in [9.17, 15) is 9.90 Å². The Balaban J connectivity index is 2.03. The standard InChI is InChI=1S/C20H28O3/c1-12-7-6-9-20(5)18(23-20)17(22)15-11-16(21)14(3)19(4,10-8-12)13(15)2/h7,11,14,16,18,21H,2,6,8-10H2,1,3-5H3/b12-7+/t14-,16-,18-,19-,20+/m1/s1. The number of allylic oxidation sites excluding steroid dienone is 3. The predicted molar refractivity (Wildman–Crippen MR) is 91.0 cm³/mol. The second kappa shape index (κ2) is 5.42. The van der Waals surface area contributed by atoms with Gasteiger partial charge in [-0.15, -0.1) is 0 Å². The molecule has 0 unspecified atom stereocenters.